The van der Waals surface area contributed by atoms with E-state index in [4.69, 9.17) is 34.1 Å². The molecule has 19 heavy (non-hydrogen) atoms. The van der Waals surface area contributed by atoms with Crippen LogP contribution in [0.1, 0.15) is 0 Å². The van der Waals surface area contributed by atoms with Gasteiger partial charge in [0.1, 0.15) is 5.92 Å². The number of nitrogens with zero attached hydrogens (tertiary/aromatic N) is 1. The Hall–Kier alpha value is -1.34. The van der Waals surface area contributed by atoms with Gasteiger partial charge in [-0.15, -0.1) is 0 Å². The molecule has 0 spiro atoms. The second-order valence-corrected chi connectivity index (χ2v) is 4.39. The summed E-state index contributed by atoms with van der Waals surface area (Å²) in [4.78, 5) is 0. The fourth-order valence-corrected chi connectivity index (χ4v) is 1.68. The van der Waals surface area contributed by atoms with Gasteiger partial charge in [0.2, 0.25) is 0 Å². The third-order valence-electron chi connectivity index (χ3n) is 2.32. The first-order chi connectivity index (χ1) is 8.77. The second-order valence-electron chi connectivity index (χ2n) is 3.60. The molecule has 4 N–H and O–H groups in total. The smallest absolute Gasteiger partial charge is 0.400 e. The van der Waals surface area contributed by atoms with E-state index in [0.717, 1.165) is 0 Å². The van der Waals surface area contributed by atoms with E-state index in [0.29, 0.717) is 0 Å². The van der Waals surface area contributed by atoms with E-state index in [2.05, 4.69) is 10.5 Å². The SMILES string of the molecule is N/C(=N/O)C(CNc1cccc(Cl)c1Cl)C(F)(F)F. The zero-order chi connectivity index (χ0) is 14.6. The molecule has 0 fully saturated rings. The summed E-state index contributed by atoms with van der Waals surface area (Å²) in [7, 11) is 0. The number of hydrogen-bond donors (Lipinski definition) is 3. The van der Waals surface area contributed by atoms with Crippen molar-refractivity contribution in [3.63, 3.8) is 0 Å². The molecular weight excluding hydrogens is 306 g/mol. The predicted octanol–water partition coefficient (Wildman–Crippen LogP) is 3.33. The Kier molecular flexibility index (Phi) is 5.13. The van der Waals surface area contributed by atoms with E-state index in [1.54, 1.807) is 0 Å². The molecule has 0 saturated heterocycles. The molecule has 0 aliphatic carbocycles. The van der Waals surface area contributed by atoms with E-state index < -0.39 is 24.5 Å². The molecule has 0 aliphatic rings. The second kappa shape index (κ2) is 6.21. The van der Waals surface area contributed by atoms with Gasteiger partial charge in [-0.05, 0) is 12.1 Å². The Morgan fingerprint density at radius 2 is 2.05 bits per heavy atom. The van der Waals surface area contributed by atoms with Gasteiger partial charge >= 0.3 is 6.18 Å². The van der Waals surface area contributed by atoms with Gasteiger partial charge in [0.25, 0.3) is 0 Å². The molecule has 1 rings (SSSR count). The number of nitrogens with two attached hydrogens (primary N) is 1. The van der Waals surface area contributed by atoms with E-state index in [9.17, 15) is 13.2 Å². The highest BCUT2D eigenvalue weighted by molar-refractivity contribution is 6.43. The number of oxime groups is 1. The zero-order valence-electron chi connectivity index (χ0n) is 9.38. The van der Waals surface area contributed by atoms with Gasteiger partial charge in [-0.2, -0.15) is 13.2 Å². The highest BCUT2D eigenvalue weighted by Gasteiger charge is 2.42. The summed E-state index contributed by atoms with van der Waals surface area (Å²) in [6.45, 7) is -0.626. The quantitative estimate of drug-likeness (QED) is 0.345. The first-order valence-corrected chi connectivity index (χ1v) is 5.75. The molecule has 1 aromatic carbocycles. The number of amidine groups is 1. The topological polar surface area (TPSA) is 70.6 Å². The number of rotatable bonds is 4. The maximum atomic E-state index is 12.7. The van der Waals surface area contributed by atoms with E-state index in [-0.39, 0.29) is 15.7 Å². The Balaban J connectivity index is 2.86. The lowest BCUT2D eigenvalue weighted by Crippen LogP contribution is -2.40. The standard InChI is InChI=1S/C10H10Cl2F3N3O/c11-6-2-1-3-7(8(6)12)17-4-5(9(16)18-19)10(13,14)15/h1-3,5,17,19H,4H2,(H2,16,18). The molecule has 0 aromatic heterocycles. The lowest BCUT2D eigenvalue weighted by Gasteiger charge is -2.20. The van der Waals surface area contributed by atoms with Crippen LogP contribution in [-0.2, 0) is 0 Å². The minimum Gasteiger partial charge on any atom is -0.409 e. The molecule has 0 saturated carbocycles. The molecule has 1 unspecified atom stereocenters. The lowest BCUT2D eigenvalue weighted by atomic mass is 10.1. The molecule has 9 heteroatoms. The Bertz CT molecular complexity index is 480. The van der Waals surface area contributed by atoms with Gasteiger partial charge in [0.05, 0.1) is 15.7 Å². The summed E-state index contributed by atoms with van der Waals surface area (Å²) in [6.07, 6.45) is -4.64. The summed E-state index contributed by atoms with van der Waals surface area (Å²) in [6, 6.07) is 4.50. The van der Waals surface area contributed by atoms with Gasteiger partial charge < -0.3 is 16.3 Å². The van der Waals surface area contributed by atoms with Crippen molar-refractivity contribution in [3.05, 3.63) is 28.2 Å². The molecule has 0 amide bonds. The molecular formula is C10H10Cl2F3N3O. The summed E-state index contributed by atoms with van der Waals surface area (Å²) >= 11 is 11.5. The van der Waals surface area contributed by atoms with Crippen LogP contribution in [-0.4, -0.2) is 23.8 Å². The number of hydrogen-bond acceptors (Lipinski definition) is 3. The minimum atomic E-state index is -4.64. The number of anilines is 1. The van der Waals surface area contributed by atoms with Gasteiger partial charge in [-0.25, -0.2) is 0 Å². The van der Waals surface area contributed by atoms with Crippen molar-refractivity contribution in [1.29, 1.82) is 0 Å². The summed E-state index contributed by atoms with van der Waals surface area (Å²) in [5.41, 5.74) is 5.25. The van der Waals surface area contributed by atoms with Crippen molar-refractivity contribution in [2.45, 2.75) is 6.18 Å². The van der Waals surface area contributed by atoms with Crippen LogP contribution in [0.25, 0.3) is 0 Å². The Morgan fingerprint density at radius 3 is 2.58 bits per heavy atom. The van der Waals surface area contributed by atoms with Crippen LogP contribution in [0.3, 0.4) is 0 Å². The first-order valence-electron chi connectivity index (χ1n) is 4.99. The van der Waals surface area contributed by atoms with Crippen molar-refractivity contribution in [1.82, 2.24) is 0 Å². The van der Waals surface area contributed by atoms with Crippen LogP contribution in [0, 0.1) is 5.92 Å². The predicted molar refractivity (Wildman–Crippen MR) is 67.9 cm³/mol. The monoisotopic (exact) mass is 315 g/mol. The maximum Gasteiger partial charge on any atom is 0.400 e. The highest BCUT2D eigenvalue weighted by atomic mass is 35.5. The fraction of sp³-hybridized carbons (Fsp3) is 0.300. The largest absolute Gasteiger partial charge is 0.409 e. The maximum absolute atomic E-state index is 12.7. The van der Waals surface area contributed by atoms with Crippen molar-refractivity contribution in [2.24, 2.45) is 16.8 Å². The average Bonchev–Trinajstić information content (AvgIpc) is 2.32. The lowest BCUT2D eigenvalue weighted by molar-refractivity contribution is -0.152. The molecule has 0 bridgehead atoms. The molecule has 0 heterocycles. The van der Waals surface area contributed by atoms with Crippen molar-refractivity contribution >= 4 is 34.7 Å². The van der Waals surface area contributed by atoms with E-state index in [1.807, 2.05) is 0 Å². The third-order valence-corrected chi connectivity index (χ3v) is 3.13. The molecule has 4 nitrogen and oxygen atoms in total. The summed E-state index contributed by atoms with van der Waals surface area (Å²) in [5.74, 6) is -3.06. The average molecular weight is 316 g/mol. The van der Waals surface area contributed by atoms with Crippen LogP contribution in [0.15, 0.2) is 23.4 Å². The van der Waals surface area contributed by atoms with E-state index in [1.165, 1.54) is 18.2 Å². The van der Waals surface area contributed by atoms with Gasteiger partial charge in [-0.3, -0.25) is 0 Å². The number of benzene rings is 1. The van der Waals surface area contributed by atoms with Gasteiger partial charge in [0.15, 0.2) is 5.84 Å². The van der Waals surface area contributed by atoms with Gasteiger partial charge in [-0.1, -0.05) is 34.4 Å². The summed E-state index contributed by atoms with van der Waals surface area (Å²) in [5, 5.41) is 13.5. The molecule has 1 atom stereocenters. The first kappa shape index (κ1) is 15.7. The van der Waals surface area contributed by atoms with Gasteiger partial charge in [0, 0.05) is 6.54 Å². The number of nitrogens with one attached hydrogen (secondary N) is 1. The van der Waals surface area contributed by atoms with Crippen LogP contribution in [0.2, 0.25) is 10.0 Å². The molecule has 1 aromatic rings. The number of halogens is 5. The van der Waals surface area contributed by atoms with Crippen molar-refractivity contribution < 1.29 is 18.4 Å². The number of alkyl halides is 3. The van der Waals surface area contributed by atoms with Crippen molar-refractivity contribution in [2.75, 3.05) is 11.9 Å². The van der Waals surface area contributed by atoms with Crippen LogP contribution in [0.5, 0.6) is 0 Å². The summed E-state index contributed by atoms with van der Waals surface area (Å²) < 4.78 is 38.0. The zero-order valence-corrected chi connectivity index (χ0v) is 10.9. The van der Waals surface area contributed by atoms with Crippen molar-refractivity contribution in [3.8, 4) is 0 Å². The highest BCUT2D eigenvalue weighted by Crippen LogP contribution is 2.31. The minimum absolute atomic E-state index is 0.101. The van der Waals surface area contributed by atoms with Crippen LogP contribution < -0.4 is 11.1 Å². The molecule has 0 aliphatic heterocycles. The molecule has 0 radical (unpaired) electrons. The van der Waals surface area contributed by atoms with Crippen LogP contribution in [0.4, 0.5) is 18.9 Å². The van der Waals surface area contributed by atoms with E-state index >= 15 is 0 Å². The third kappa shape index (κ3) is 4.07. The van der Waals surface area contributed by atoms with Crippen LogP contribution >= 0.6 is 23.2 Å². The Labute approximate surface area is 117 Å². The normalized spacial score (nSPS) is 14.3. The molecule has 106 valence electrons. The fourth-order valence-electron chi connectivity index (χ4n) is 1.31. The Morgan fingerprint density at radius 1 is 1.42 bits per heavy atom.